The highest BCUT2D eigenvalue weighted by Crippen LogP contribution is 2.35. The van der Waals surface area contributed by atoms with E-state index >= 15 is 0 Å². The third-order valence-corrected chi connectivity index (χ3v) is 7.03. The van der Waals surface area contributed by atoms with Crippen molar-refractivity contribution in [3.05, 3.63) is 48.0 Å². The average Bonchev–Trinajstić information content (AvgIpc) is 3.49. The number of methoxy groups -OCH3 is 1. The van der Waals surface area contributed by atoms with Crippen LogP contribution in [0, 0.1) is 0 Å². The summed E-state index contributed by atoms with van der Waals surface area (Å²) in [7, 11) is 1.54. The van der Waals surface area contributed by atoms with Crippen LogP contribution in [-0.2, 0) is 11.3 Å². The predicted molar refractivity (Wildman–Crippen MR) is 145 cm³/mol. The third kappa shape index (κ3) is 6.32. The number of aliphatic hydroxyl groups is 6. The smallest absolute Gasteiger partial charge is 0.206 e. The topological polar surface area (TPSA) is 191 Å². The molecule has 1 saturated heterocycles. The Morgan fingerprint density at radius 2 is 1.75 bits per heavy atom. The fourth-order valence-corrected chi connectivity index (χ4v) is 4.57. The molecule has 2 aromatic carbocycles. The molecule has 3 aromatic rings. The van der Waals surface area contributed by atoms with Gasteiger partial charge >= 0.3 is 0 Å². The molecule has 220 valence electrons. The molecule has 1 aliphatic rings. The van der Waals surface area contributed by atoms with Gasteiger partial charge in [-0.05, 0) is 42.8 Å². The van der Waals surface area contributed by atoms with E-state index in [4.69, 9.17) is 14.2 Å². The number of fused-ring (bicyclic) bond motifs is 1. The highest BCUT2D eigenvalue weighted by Gasteiger charge is 2.44. The van der Waals surface area contributed by atoms with E-state index in [1.54, 1.807) is 17.7 Å². The Morgan fingerprint density at radius 3 is 2.42 bits per heavy atom. The summed E-state index contributed by atoms with van der Waals surface area (Å²) in [6.45, 7) is -0.558. The maximum absolute atomic E-state index is 10.7. The van der Waals surface area contributed by atoms with Crippen LogP contribution in [0.4, 0.5) is 5.95 Å². The van der Waals surface area contributed by atoms with Crippen LogP contribution < -0.4 is 20.1 Å². The van der Waals surface area contributed by atoms with Crippen LogP contribution >= 0.6 is 0 Å². The van der Waals surface area contributed by atoms with Gasteiger partial charge in [0.25, 0.3) is 0 Å². The zero-order valence-electron chi connectivity index (χ0n) is 22.3. The van der Waals surface area contributed by atoms with Crippen molar-refractivity contribution in [2.24, 2.45) is 0 Å². The van der Waals surface area contributed by atoms with Gasteiger partial charge in [0.15, 0.2) is 17.7 Å². The molecule has 1 aromatic heterocycles. The Labute approximate surface area is 231 Å². The van der Waals surface area contributed by atoms with E-state index in [2.05, 4.69) is 15.6 Å². The van der Waals surface area contributed by atoms with E-state index in [0.717, 1.165) is 5.56 Å². The zero-order valence-corrected chi connectivity index (χ0v) is 22.3. The van der Waals surface area contributed by atoms with Crippen LogP contribution in [0.3, 0.4) is 0 Å². The first kappa shape index (κ1) is 30.0. The summed E-state index contributed by atoms with van der Waals surface area (Å²) >= 11 is 0. The van der Waals surface area contributed by atoms with Crippen molar-refractivity contribution in [3.63, 3.8) is 0 Å². The van der Waals surface area contributed by atoms with E-state index in [9.17, 15) is 30.6 Å². The number of rotatable bonds is 15. The first-order valence-electron chi connectivity index (χ1n) is 13.1. The molecule has 0 unspecified atom stereocenters. The number of hydrogen-bond acceptors (Lipinski definition) is 12. The average molecular weight is 563 g/mol. The molecule has 4 rings (SSSR count). The summed E-state index contributed by atoms with van der Waals surface area (Å²) in [5.74, 6) is 1.49. The van der Waals surface area contributed by atoms with Crippen LogP contribution in [-0.4, -0.2) is 111 Å². The van der Waals surface area contributed by atoms with Crippen LogP contribution in [0.25, 0.3) is 11.0 Å². The largest absolute Gasteiger partial charge is 0.493 e. The molecule has 0 bridgehead atoms. The van der Waals surface area contributed by atoms with Gasteiger partial charge in [-0.2, -0.15) is 0 Å². The molecule has 13 nitrogen and oxygen atoms in total. The summed E-state index contributed by atoms with van der Waals surface area (Å²) < 4.78 is 18.8. The van der Waals surface area contributed by atoms with Gasteiger partial charge in [-0.25, -0.2) is 4.98 Å². The Bertz CT molecular complexity index is 1230. The Morgan fingerprint density at radius 1 is 1.00 bits per heavy atom. The molecule has 0 amide bonds. The van der Waals surface area contributed by atoms with E-state index in [1.807, 2.05) is 36.4 Å². The Kier molecular flexibility index (Phi) is 10.2. The van der Waals surface area contributed by atoms with Crippen molar-refractivity contribution in [1.82, 2.24) is 14.9 Å². The van der Waals surface area contributed by atoms with Gasteiger partial charge in [-0.15, -0.1) is 0 Å². The molecule has 8 N–H and O–H groups in total. The monoisotopic (exact) mass is 562 g/mol. The summed E-state index contributed by atoms with van der Waals surface area (Å²) in [6.07, 6.45) is -3.83. The van der Waals surface area contributed by atoms with Gasteiger partial charge in [0.1, 0.15) is 18.3 Å². The zero-order chi connectivity index (χ0) is 28.7. The SMILES string of the molecule is COc1ccc(CNc2nc3ccccc3n2[C@@H]2O[C@H](CO)[C@@H](O)[C@H]2O)cc1OCCCNC(CO)(CO)CO. The lowest BCUT2D eigenvalue weighted by Crippen LogP contribution is -2.55. The quantitative estimate of drug-likeness (QED) is 0.109. The van der Waals surface area contributed by atoms with Gasteiger partial charge in [-0.3, -0.25) is 4.57 Å². The first-order chi connectivity index (χ1) is 19.4. The highest BCUT2D eigenvalue weighted by atomic mass is 16.6. The molecule has 0 saturated carbocycles. The van der Waals surface area contributed by atoms with Gasteiger partial charge in [0.05, 0.1) is 56.7 Å². The third-order valence-electron chi connectivity index (χ3n) is 7.03. The standard InChI is InChI=1S/C27H38N4O9/c1-38-20-8-7-17(11-21(20)39-10-4-9-29-27(14-33,15-34)16-35)12-28-26-30-18-5-2-3-6-19(18)31(26)25-24(37)23(36)22(13-32)40-25/h2-3,5-8,11,22-25,29,32-37H,4,9-10,12-16H2,1H3,(H,28,30)/t22-,23-,24-,25-/m1/s1. The number of nitrogens with zero attached hydrogens (tertiary/aromatic N) is 2. The number of aromatic nitrogens is 2. The fraction of sp³-hybridized carbons (Fsp3) is 0.519. The molecular weight excluding hydrogens is 524 g/mol. The first-order valence-corrected chi connectivity index (χ1v) is 13.1. The van der Waals surface area contributed by atoms with Crippen LogP contribution in [0.15, 0.2) is 42.5 Å². The molecule has 0 radical (unpaired) electrons. The highest BCUT2D eigenvalue weighted by molar-refractivity contribution is 5.78. The number of hydrogen-bond donors (Lipinski definition) is 8. The molecule has 0 spiro atoms. The number of ether oxygens (including phenoxy) is 3. The van der Waals surface area contributed by atoms with Crippen LogP contribution in [0.1, 0.15) is 18.2 Å². The van der Waals surface area contributed by atoms with Crippen LogP contribution in [0.2, 0.25) is 0 Å². The molecule has 2 heterocycles. The predicted octanol–water partition coefficient (Wildman–Crippen LogP) is -0.657. The van der Waals surface area contributed by atoms with Gasteiger partial charge < -0.3 is 55.5 Å². The van der Waals surface area contributed by atoms with Crippen LogP contribution in [0.5, 0.6) is 11.5 Å². The number of para-hydroxylation sites is 2. The van der Waals surface area contributed by atoms with Crippen molar-refractivity contribution < 1.29 is 44.8 Å². The van der Waals surface area contributed by atoms with Crippen molar-refractivity contribution in [2.75, 3.05) is 52.0 Å². The number of nitrogens with one attached hydrogen (secondary N) is 2. The molecular formula is C27H38N4O9. The van der Waals surface area contributed by atoms with Gasteiger partial charge in [0.2, 0.25) is 5.95 Å². The molecule has 0 aliphatic carbocycles. The second-order valence-corrected chi connectivity index (χ2v) is 9.75. The van der Waals surface area contributed by atoms with Gasteiger partial charge in [-0.1, -0.05) is 18.2 Å². The number of aliphatic hydroxyl groups excluding tert-OH is 6. The second kappa shape index (κ2) is 13.6. The summed E-state index contributed by atoms with van der Waals surface area (Å²) in [5, 5.41) is 65.0. The minimum atomic E-state index is -1.26. The number of imidazole rings is 1. The maximum Gasteiger partial charge on any atom is 0.206 e. The normalized spacial score (nSPS) is 21.2. The molecule has 40 heavy (non-hydrogen) atoms. The van der Waals surface area contributed by atoms with Crippen molar-refractivity contribution in [3.8, 4) is 11.5 Å². The lowest BCUT2D eigenvalue weighted by atomic mass is 10.0. The number of anilines is 1. The Hall–Kier alpha value is -3.01. The van der Waals surface area contributed by atoms with Crippen molar-refractivity contribution >= 4 is 17.0 Å². The lowest BCUT2D eigenvalue weighted by Gasteiger charge is -2.28. The van der Waals surface area contributed by atoms with E-state index in [1.165, 1.54) is 0 Å². The number of benzene rings is 2. The Balaban J connectivity index is 1.45. The summed E-state index contributed by atoms with van der Waals surface area (Å²) in [4.78, 5) is 4.65. The molecule has 1 aliphatic heterocycles. The van der Waals surface area contributed by atoms with Crippen molar-refractivity contribution in [1.29, 1.82) is 0 Å². The molecule has 13 heteroatoms. The van der Waals surface area contributed by atoms with E-state index in [0.29, 0.717) is 54.6 Å². The fourth-order valence-electron chi connectivity index (χ4n) is 4.57. The minimum Gasteiger partial charge on any atom is -0.493 e. The summed E-state index contributed by atoms with van der Waals surface area (Å²) in [5.41, 5.74) is 1.08. The lowest BCUT2D eigenvalue weighted by molar-refractivity contribution is -0.0499. The molecule has 1 fully saturated rings. The van der Waals surface area contributed by atoms with Gasteiger partial charge in [0, 0.05) is 6.54 Å². The summed E-state index contributed by atoms with van der Waals surface area (Å²) in [6, 6.07) is 12.8. The van der Waals surface area contributed by atoms with Crippen molar-refractivity contribution in [2.45, 2.75) is 43.0 Å². The molecule has 4 atom stereocenters. The minimum absolute atomic E-state index is 0.319. The second-order valence-electron chi connectivity index (χ2n) is 9.75. The van der Waals surface area contributed by atoms with E-state index in [-0.39, 0.29) is 0 Å². The maximum atomic E-state index is 10.7. The van der Waals surface area contributed by atoms with E-state index < -0.39 is 56.5 Å².